The molecule has 26 heavy (non-hydrogen) atoms. The molecule has 4 N–H and O–H groups in total. The highest BCUT2D eigenvalue weighted by molar-refractivity contribution is 5.18. The van der Waals surface area contributed by atoms with E-state index in [1.807, 2.05) is 0 Å². The molecule has 6 nitrogen and oxygen atoms in total. The highest BCUT2D eigenvalue weighted by Crippen LogP contribution is 2.26. The van der Waals surface area contributed by atoms with Gasteiger partial charge in [0.2, 0.25) is 0 Å². The second-order valence-corrected chi connectivity index (χ2v) is 6.25. The molecule has 0 radical (unpaired) electrons. The first-order chi connectivity index (χ1) is 13.5. The van der Waals surface area contributed by atoms with Crippen molar-refractivity contribution < 1.29 is 27.9 Å². The molecule has 0 aliphatic carbocycles. The first-order valence-corrected chi connectivity index (χ1v) is 8.48. The minimum Gasteiger partial charge on any atom is -0.394 e. The van der Waals surface area contributed by atoms with E-state index in [9.17, 15) is 20.4 Å². The van der Waals surface area contributed by atoms with E-state index in [1.54, 1.807) is 60.7 Å². The van der Waals surface area contributed by atoms with Gasteiger partial charge in [-0.2, -0.15) is 0 Å². The van der Waals surface area contributed by atoms with E-state index in [0.717, 1.165) is 0 Å². The molecule has 1 fully saturated rings. The summed E-state index contributed by atoms with van der Waals surface area (Å²) in [6, 6.07) is 16.3. The molecule has 1 aliphatic heterocycles. The molecule has 1 heterocycles. The van der Waals surface area contributed by atoms with E-state index < -0.39 is 50.3 Å². The molecule has 0 saturated carbocycles. The van der Waals surface area contributed by atoms with Gasteiger partial charge >= 0.3 is 0 Å². The zero-order valence-electron chi connectivity index (χ0n) is 16.2. The van der Waals surface area contributed by atoms with Crippen molar-refractivity contribution in [3.8, 4) is 0 Å². The minimum atomic E-state index is -1.59. The molecule has 2 aromatic rings. The van der Waals surface area contributed by atoms with Crippen LogP contribution in [0.15, 0.2) is 60.7 Å². The third-order valence-electron chi connectivity index (χ3n) is 4.41. The molecule has 0 aromatic heterocycles. The molecule has 2 aromatic carbocycles. The zero-order valence-corrected chi connectivity index (χ0v) is 14.2. The van der Waals surface area contributed by atoms with Crippen molar-refractivity contribution in [3.05, 3.63) is 71.8 Å². The number of benzene rings is 2. The Labute approximate surface area is 155 Å². The Morgan fingerprint density at radius 1 is 0.846 bits per heavy atom. The van der Waals surface area contributed by atoms with Crippen LogP contribution in [0.3, 0.4) is 0 Å². The van der Waals surface area contributed by atoms with Crippen molar-refractivity contribution in [2.45, 2.75) is 43.7 Å². The second kappa shape index (κ2) is 8.73. The molecular formula is C20H25NO5. The van der Waals surface area contributed by atoms with Gasteiger partial charge in [0.15, 0.2) is 6.29 Å². The summed E-state index contributed by atoms with van der Waals surface area (Å²) >= 11 is 0. The maximum absolute atomic E-state index is 10.7. The van der Waals surface area contributed by atoms with Crippen LogP contribution in [-0.4, -0.2) is 62.6 Å². The quantitative estimate of drug-likeness (QED) is 0.598. The van der Waals surface area contributed by atoms with Crippen LogP contribution in [0.5, 0.6) is 0 Å². The molecule has 140 valence electrons. The summed E-state index contributed by atoms with van der Waals surface area (Å²) in [6.07, 6.45) is -5.73. The van der Waals surface area contributed by atoms with Crippen molar-refractivity contribution in [1.29, 1.82) is 0 Å². The largest absolute Gasteiger partial charge is 0.394 e. The van der Waals surface area contributed by atoms with Crippen LogP contribution in [0.1, 0.15) is 13.9 Å². The molecular weight excluding hydrogens is 334 g/mol. The number of nitrogens with zero attached hydrogens (tertiary/aromatic N) is 1. The Morgan fingerprint density at radius 3 is 1.81 bits per heavy atom. The van der Waals surface area contributed by atoms with Crippen LogP contribution < -0.4 is 0 Å². The molecule has 3 rings (SSSR count). The van der Waals surface area contributed by atoms with Gasteiger partial charge in [0, 0.05) is 15.8 Å². The maximum Gasteiger partial charge on any atom is 0.173 e. The highest BCUT2D eigenvalue weighted by atomic mass is 16.6. The normalized spacial score (nSPS) is 32.6. The average Bonchev–Trinajstić information content (AvgIpc) is 2.74. The first-order valence-electron chi connectivity index (χ1n) is 9.63. The molecule has 7 atom stereocenters. The first kappa shape index (κ1) is 16.4. The number of hydrogen-bond donors (Lipinski definition) is 4. The smallest absolute Gasteiger partial charge is 0.173 e. The lowest BCUT2D eigenvalue weighted by atomic mass is 9.95. The van der Waals surface area contributed by atoms with Crippen LogP contribution in [0.25, 0.3) is 0 Å². The molecule has 3 unspecified atom stereocenters. The summed E-state index contributed by atoms with van der Waals surface area (Å²) in [4.78, 5) is 1.30. The maximum atomic E-state index is 10.7. The van der Waals surface area contributed by atoms with Gasteiger partial charge in [0.05, 0.1) is 12.6 Å². The lowest BCUT2D eigenvalue weighted by molar-refractivity contribution is -0.274. The van der Waals surface area contributed by atoms with Crippen LogP contribution >= 0.6 is 0 Å². The Balaban J connectivity index is 2.00. The fraction of sp³-hybridized carbons (Fsp3) is 0.400. The Morgan fingerprint density at radius 2 is 1.35 bits per heavy atom. The van der Waals surface area contributed by atoms with E-state index >= 15 is 0 Å². The monoisotopic (exact) mass is 361 g/mol. The standard InChI is InChI=1S/C20H25NO5/c22-13-16-18(23)19(24)17(20(25)26-16)21(11-14-7-3-1-4-8-14)12-15-9-5-2-6-10-15/h1-10,16-20,22-25H,11-13H2/t16-,17+,18-,19-,20?/m1/s1/i11D,12D/t11?,12?,16-,17+,18-,19-,20?. The SMILES string of the molecule is [2H]C(c1ccccc1)N(C([2H])c1ccccc1)[C@@H]1C(O)O[C@H](CO)[C@@H](O)[C@@H]1O. The fourth-order valence-corrected chi connectivity index (χ4v) is 3.04. The van der Waals surface area contributed by atoms with Crippen LogP contribution in [0, 0.1) is 0 Å². The van der Waals surface area contributed by atoms with Crippen molar-refractivity contribution in [1.82, 2.24) is 4.90 Å². The van der Waals surface area contributed by atoms with Gasteiger partial charge in [-0.3, -0.25) is 4.90 Å². The molecule has 1 aliphatic rings. The van der Waals surface area contributed by atoms with Gasteiger partial charge < -0.3 is 25.2 Å². The third-order valence-corrected chi connectivity index (χ3v) is 4.41. The van der Waals surface area contributed by atoms with Crippen LogP contribution in [0.4, 0.5) is 0 Å². The van der Waals surface area contributed by atoms with Crippen LogP contribution in [0.2, 0.25) is 0 Å². The van der Waals surface area contributed by atoms with Gasteiger partial charge in [0.25, 0.3) is 0 Å². The second-order valence-electron chi connectivity index (χ2n) is 6.25. The van der Waals surface area contributed by atoms with E-state index in [2.05, 4.69) is 0 Å². The Kier molecular flexibility index (Phi) is 5.50. The number of rotatable bonds is 6. The third kappa shape index (κ3) is 4.29. The Hall–Kier alpha value is -1.80. The van der Waals surface area contributed by atoms with E-state index in [4.69, 9.17) is 7.48 Å². The lowest BCUT2D eigenvalue weighted by Gasteiger charge is -2.45. The molecule has 1 saturated heterocycles. The van der Waals surface area contributed by atoms with Gasteiger partial charge in [-0.05, 0) is 11.1 Å². The van der Waals surface area contributed by atoms with E-state index in [1.165, 1.54) is 4.90 Å². The Bertz CT molecular complexity index is 692. The number of aliphatic hydroxyl groups excluding tert-OH is 4. The van der Waals surface area contributed by atoms with Crippen molar-refractivity contribution in [3.63, 3.8) is 0 Å². The number of ether oxygens (including phenoxy) is 1. The summed E-state index contributed by atoms with van der Waals surface area (Å²) in [5.41, 5.74) is 1.13. The predicted octanol–water partition coefficient (Wildman–Crippen LogP) is 0.489. The van der Waals surface area contributed by atoms with Crippen LogP contribution in [-0.2, 0) is 17.8 Å². The molecule has 0 amide bonds. The summed E-state index contributed by atoms with van der Waals surface area (Å²) < 4.78 is 22.7. The zero-order chi connectivity index (χ0) is 20.3. The summed E-state index contributed by atoms with van der Waals surface area (Å²) in [7, 11) is 0. The predicted molar refractivity (Wildman–Crippen MR) is 95.9 cm³/mol. The van der Waals surface area contributed by atoms with Crippen molar-refractivity contribution >= 4 is 0 Å². The summed E-state index contributed by atoms with van der Waals surface area (Å²) in [6.45, 7) is -2.80. The molecule has 0 spiro atoms. The van der Waals surface area contributed by atoms with Crippen molar-refractivity contribution in [2.24, 2.45) is 0 Å². The van der Waals surface area contributed by atoms with E-state index in [-0.39, 0.29) is 0 Å². The lowest BCUT2D eigenvalue weighted by Crippen LogP contribution is -2.63. The van der Waals surface area contributed by atoms with Gasteiger partial charge in [-0.25, -0.2) is 0 Å². The number of hydrogen-bond acceptors (Lipinski definition) is 6. The fourth-order valence-electron chi connectivity index (χ4n) is 3.04. The summed E-state index contributed by atoms with van der Waals surface area (Å²) in [5, 5.41) is 40.8. The van der Waals surface area contributed by atoms with E-state index in [0.29, 0.717) is 11.1 Å². The molecule has 6 heteroatoms. The molecule has 0 bridgehead atoms. The topological polar surface area (TPSA) is 93.4 Å². The minimum absolute atomic E-state index is 0.564. The van der Waals surface area contributed by atoms with Crippen molar-refractivity contribution in [2.75, 3.05) is 6.61 Å². The summed E-state index contributed by atoms with van der Waals surface area (Å²) in [5.74, 6) is 0. The highest BCUT2D eigenvalue weighted by Gasteiger charge is 2.46. The number of aliphatic hydroxyl groups is 4. The van der Waals surface area contributed by atoms with Gasteiger partial charge in [0.1, 0.15) is 18.3 Å². The van der Waals surface area contributed by atoms with Gasteiger partial charge in [-0.1, -0.05) is 60.7 Å². The van der Waals surface area contributed by atoms with Gasteiger partial charge in [-0.15, -0.1) is 0 Å². The average molecular weight is 361 g/mol.